The van der Waals surface area contributed by atoms with Gasteiger partial charge in [0.1, 0.15) is 6.07 Å². The van der Waals surface area contributed by atoms with E-state index in [2.05, 4.69) is 11.1 Å². The van der Waals surface area contributed by atoms with Crippen molar-refractivity contribution in [3.05, 3.63) is 17.8 Å². The fraction of sp³-hybridized carbons (Fsp3) is 0.400. The highest BCUT2D eigenvalue weighted by molar-refractivity contribution is 8.00. The van der Waals surface area contributed by atoms with Gasteiger partial charge >= 0.3 is 0 Å². The number of hydrogen-bond donors (Lipinski definition) is 0. The molecular weight excluding hydrogens is 196 g/mol. The van der Waals surface area contributed by atoms with Crippen molar-refractivity contribution in [2.75, 3.05) is 7.11 Å². The van der Waals surface area contributed by atoms with Crippen LogP contribution in [0.25, 0.3) is 0 Å². The van der Waals surface area contributed by atoms with Crippen LogP contribution in [0.1, 0.15) is 18.5 Å². The Labute approximate surface area is 87.1 Å². The Kier molecular flexibility index (Phi) is 2.60. The molecule has 0 radical (unpaired) electrons. The van der Waals surface area contributed by atoms with E-state index >= 15 is 0 Å². The molecule has 0 aromatic carbocycles. The van der Waals surface area contributed by atoms with E-state index in [9.17, 15) is 0 Å². The van der Waals surface area contributed by atoms with E-state index in [0.717, 1.165) is 4.90 Å². The molecule has 0 bridgehead atoms. The second kappa shape index (κ2) is 3.89. The van der Waals surface area contributed by atoms with Crippen LogP contribution in [0.4, 0.5) is 0 Å². The zero-order valence-corrected chi connectivity index (χ0v) is 8.67. The summed E-state index contributed by atoms with van der Waals surface area (Å²) in [5, 5.41) is 9.58. The summed E-state index contributed by atoms with van der Waals surface area (Å²) < 4.78 is 4.96. The summed E-state index contributed by atoms with van der Waals surface area (Å²) in [6.07, 6.45) is 2.50. The van der Waals surface area contributed by atoms with Crippen molar-refractivity contribution in [3.63, 3.8) is 0 Å². The molecule has 2 rings (SSSR count). The highest BCUT2D eigenvalue weighted by Gasteiger charge is 2.24. The summed E-state index contributed by atoms with van der Waals surface area (Å²) in [5.74, 6) is 0.502. The van der Waals surface area contributed by atoms with Gasteiger partial charge in [-0.1, -0.05) is 0 Å². The predicted molar refractivity (Wildman–Crippen MR) is 54.4 cm³/mol. The number of nitrogens with zero attached hydrogens (tertiary/aromatic N) is 2. The fourth-order valence-corrected chi connectivity index (χ4v) is 2.16. The van der Waals surface area contributed by atoms with Gasteiger partial charge in [-0.05, 0) is 18.9 Å². The van der Waals surface area contributed by atoms with Crippen LogP contribution in [0.2, 0.25) is 0 Å². The lowest BCUT2D eigenvalue weighted by atomic mass is 10.4. The molecule has 4 heteroatoms. The molecule has 1 heterocycles. The van der Waals surface area contributed by atoms with Gasteiger partial charge in [-0.25, -0.2) is 4.98 Å². The molecule has 0 atom stereocenters. The maximum Gasteiger partial charge on any atom is 0.214 e. The van der Waals surface area contributed by atoms with Gasteiger partial charge in [0.05, 0.1) is 7.11 Å². The number of hydrogen-bond acceptors (Lipinski definition) is 4. The molecule has 1 aliphatic carbocycles. The van der Waals surface area contributed by atoms with Crippen LogP contribution in [-0.2, 0) is 0 Å². The van der Waals surface area contributed by atoms with Gasteiger partial charge in [0.15, 0.2) is 5.69 Å². The first kappa shape index (κ1) is 9.35. The van der Waals surface area contributed by atoms with Crippen LogP contribution in [0.3, 0.4) is 0 Å². The zero-order chi connectivity index (χ0) is 9.97. The molecule has 0 N–H and O–H groups in total. The molecule has 0 unspecified atom stereocenters. The molecule has 0 spiro atoms. The van der Waals surface area contributed by atoms with Crippen LogP contribution in [0.15, 0.2) is 17.0 Å². The largest absolute Gasteiger partial charge is 0.481 e. The van der Waals surface area contributed by atoms with Crippen molar-refractivity contribution < 1.29 is 4.74 Å². The SMILES string of the molecule is COc1ccc(SC2CC2)c(C#N)n1. The molecule has 72 valence electrons. The quantitative estimate of drug-likeness (QED) is 0.760. The van der Waals surface area contributed by atoms with Gasteiger partial charge < -0.3 is 4.74 Å². The Morgan fingerprint density at radius 1 is 1.57 bits per heavy atom. The number of ether oxygens (including phenoxy) is 1. The van der Waals surface area contributed by atoms with E-state index in [1.807, 2.05) is 6.07 Å². The molecule has 0 amide bonds. The summed E-state index contributed by atoms with van der Waals surface area (Å²) in [5.41, 5.74) is 0.473. The second-order valence-corrected chi connectivity index (χ2v) is 4.47. The molecule has 0 saturated heterocycles. The maximum atomic E-state index is 8.89. The first-order valence-electron chi connectivity index (χ1n) is 4.45. The minimum Gasteiger partial charge on any atom is -0.481 e. The summed E-state index contributed by atoms with van der Waals surface area (Å²) in [6, 6.07) is 5.80. The van der Waals surface area contributed by atoms with E-state index in [1.54, 1.807) is 24.9 Å². The molecule has 1 saturated carbocycles. The molecule has 3 nitrogen and oxygen atoms in total. The van der Waals surface area contributed by atoms with Crippen LogP contribution in [0, 0.1) is 11.3 Å². The van der Waals surface area contributed by atoms with Gasteiger partial charge in [-0.3, -0.25) is 0 Å². The third kappa shape index (κ3) is 1.99. The number of nitriles is 1. The van der Waals surface area contributed by atoms with E-state index in [-0.39, 0.29) is 0 Å². The zero-order valence-electron chi connectivity index (χ0n) is 7.86. The van der Waals surface area contributed by atoms with Crippen molar-refractivity contribution in [1.82, 2.24) is 4.98 Å². The van der Waals surface area contributed by atoms with Gasteiger partial charge in [0.2, 0.25) is 5.88 Å². The first-order valence-corrected chi connectivity index (χ1v) is 5.33. The van der Waals surface area contributed by atoms with Gasteiger partial charge in [-0.15, -0.1) is 11.8 Å². The molecular formula is C10H10N2OS. The average Bonchev–Trinajstić information content (AvgIpc) is 3.02. The number of rotatable bonds is 3. The Balaban J connectivity index is 2.25. The molecule has 1 aliphatic rings. The normalized spacial score (nSPS) is 14.9. The Morgan fingerprint density at radius 3 is 2.93 bits per heavy atom. The lowest BCUT2D eigenvalue weighted by Gasteiger charge is -2.03. The average molecular weight is 206 g/mol. The lowest BCUT2D eigenvalue weighted by Crippen LogP contribution is -1.92. The van der Waals surface area contributed by atoms with Crippen LogP contribution in [0.5, 0.6) is 5.88 Å². The predicted octanol–water partition coefficient (Wildman–Crippen LogP) is 2.22. The number of aromatic nitrogens is 1. The fourth-order valence-electron chi connectivity index (χ4n) is 1.08. The summed E-state index contributed by atoms with van der Waals surface area (Å²) in [6.45, 7) is 0. The minimum absolute atomic E-state index is 0.473. The smallest absolute Gasteiger partial charge is 0.214 e. The number of methoxy groups -OCH3 is 1. The monoisotopic (exact) mass is 206 g/mol. The van der Waals surface area contributed by atoms with E-state index in [0.29, 0.717) is 16.8 Å². The topological polar surface area (TPSA) is 45.9 Å². The summed E-state index contributed by atoms with van der Waals surface area (Å²) in [7, 11) is 1.55. The minimum atomic E-state index is 0.473. The number of pyridine rings is 1. The van der Waals surface area contributed by atoms with Gasteiger partial charge in [0.25, 0.3) is 0 Å². The first-order chi connectivity index (χ1) is 6.83. The highest BCUT2D eigenvalue weighted by atomic mass is 32.2. The third-order valence-electron chi connectivity index (χ3n) is 1.97. The maximum absolute atomic E-state index is 8.89. The molecule has 1 aromatic rings. The van der Waals surface area contributed by atoms with Crippen molar-refractivity contribution in [1.29, 1.82) is 5.26 Å². The Bertz CT molecular complexity index is 382. The highest BCUT2D eigenvalue weighted by Crippen LogP contribution is 2.40. The van der Waals surface area contributed by atoms with Crippen LogP contribution >= 0.6 is 11.8 Å². The Morgan fingerprint density at radius 2 is 2.36 bits per heavy atom. The van der Waals surface area contributed by atoms with E-state index in [1.165, 1.54) is 12.8 Å². The van der Waals surface area contributed by atoms with Gasteiger partial charge in [0, 0.05) is 16.2 Å². The van der Waals surface area contributed by atoms with Gasteiger partial charge in [-0.2, -0.15) is 5.26 Å². The molecule has 0 aliphatic heterocycles. The Hall–Kier alpha value is -1.21. The van der Waals surface area contributed by atoms with Crippen LogP contribution in [-0.4, -0.2) is 17.3 Å². The van der Waals surface area contributed by atoms with E-state index in [4.69, 9.17) is 10.00 Å². The summed E-state index contributed by atoms with van der Waals surface area (Å²) >= 11 is 1.74. The van der Waals surface area contributed by atoms with Crippen molar-refractivity contribution >= 4 is 11.8 Å². The van der Waals surface area contributed by atoms with Crippen LogP contribution < -0.4 is 4.74 Å². The van der Waals surface area contributed by atoms with Crippen molar-refractivity contribution in [3.8, 4) is 11.9 Å². The summed E-state index contributed by atoms with van der Waals surface area (Å²) in [4.78, 5) is 5.05. The van der Waals surface area contributed by atoms with E-state index < -0.39 is 0 Å². The van der Waals surface area contributed by atoms with Crippen molar-refractivity contribution in [2.24, 2.45) is 0 Å². The number of thioether (sulfide) groups is 1. The third-order valence-corrected chi connectivity index (χ3v) is 3.35. The second-order valence-electron chi connectivity index (χ2n) is 3.13. The molecule has 1 fully saturated rings. The molecule has 1 aromatic heterocycles. The lowest BCUT2D eigenvalue weighted by molar-refractivity contribution is 0.397. The van der Waals surface area contributed by atoms with Crippen molar-refractivity contribution in [2.45, 2.75) is 23.0 Å². The molecule has 14 heavy (non-hydrogen) atoms. The standard InChI is InChI=1S/C10H10N2OS/c1-13-10-5-4-9(8(6-11)12-10)14-7-2-3-7/h4-5,7H,2-3H2,1H3.